The molecule has 0 unspecified atom stereocenters. The third kappa shape index (κ3) is 22.7. The van der Waals surface area contributed by atoms with Gasteiger partial charge in [0.1, 0.15) is 6.71 Å². The highest BCUT2D eigenvalue weighted by molar-refractivity contribution is 6.57. The van der Waals surface area contributed by atoms with Crippen LogP contribution >= 0.6 is 0 Å². The maximum Gasteiger partial charge on any atom is 0.535 e. The van der Waals surface area contributed by atoms with Gasteiger partial charge in [-0.05, 0) is 6.82 Å². The van der Waals surface area contributed by atoms with E-state index in [0.717, 1.165) is 13.5 Å². The van der Waals surface area contributed by atoms with E-state index in [4.69, 9.17) is 0 Å². The van der Waals surface area contributed by atoms with Gasteiger partial charge in [-0.25, -0.2) is 0 Å². The molecule has 4 heteroatoms. The zero-order chi connectivity index (χ0) is 11.4. The quantitative estimate of drug-likeness (QED) is 0.547. The fourth-order valence-corrected chi connectivity index (χ4v) is 1.25. The lowest BCUT2D eigenvalue weighted by atomic mass is 9.46. The van der Waals surface area contributed by atoms with Crippen LogP contribution in [0.3, 0.4) is 0 Å². The van der Waals surface area contributed by atoms with Gasteiger partial charge >= 0.3 is 7.27 Å². The van der Waals surface area contributed by atoms with Crippen molar-refractivity contribution in [3.05, 3.63) is 0 Å². The third-order valence-electron chi connectivity index (χ3n) is 2.10. The molecule has 0 heterocycles. The Kier molecular flexibility index (Phi) is 15.2. The standard InChI is InChI=1S/C9H21B.CH3BF2/c1-4-6-8-10(3)9-7-5-2;1-2(3)4/h4-9H2,1-3H3;1H3. The first kappa shape index (κ1) is 16.4. The highest BCUT2D eigenvalue weighted by Crippen LogP contribution is 2.08. The third-order valence-corrected chi connectivity index (χ3v) is 2.10. The van der Waals surface area contributed by atoms with Crippen LogP contribution in [-0.2, 0) is 0 Å². The molecule has 0 fully saturated rings. The zero-order valence-electron chi connectivity index (χ0n) is 10.2. The Bertz CT molecular complexity index is 89.4. The Labute approximate surface area is 89.1 Å². The fraction of sp³-hybridized carbons (Fsp3) is 1.00. The molecule has 0 aromatic heterocycles. The second kappa shape index (κ2) is 13.0. The number of hydrogen-bond acceptors (Lipinski definition) is 0. The van der Waals surface area contributed by atoms with Crippen molar-refractivity contribution in [1.29, 1.82) is 0 Å². The Balaban J connectivity index is 0. The van der Waals surface area contributed by atoms with Crippen LogP contribution < -0.4 is 0 Å². The van der Waals surface area contributed by atoms with Crippen LogP contribution in [0.15, 0.2) is 0 Å². The first-order chi connectivity index (χ1) is 6.54. The molecule has 0 atom stereocenters. The van der Waals surface area contributed by atoms with Crippen molar-refractivity contribution in [2.75, 3.05) is 0 Å². The van der Waals surface area contributed by atoms with E-state index < -0.39 is 7.27 Å². The predicted octanol–water partition coefficient (Wildman–Crippen LogP) is 4.75. The second-order valence-electron chi connectivity index (χ2n) is 3.91. The van der Waals surface area contributed by atoms with Gasteiger partial charge in [-0.2, -0.15) is 0 Å². The topological polar surface area (TPSA) is 0 Å². The van der Waals surface area contributed by atoms with Crippen molar-refractivity contribution >= 4 is 14.0 Å². The summed E-state index contributed by atoms with van der Waals surface area (Å²) in [6.07, 6.45) is 8.44. The summed E-state index contributed by atoms with van der Waals surface area (Å²) in [6.45, 7) is 8.73. The van der Waals surface area contributed by atoms with Gasteiger partial charge in [0.05, 0.1) is 0 Å². The molecular formula is C10H24B2F2. The minimum Gasteiger partial charge on any atom is -0.287 e. The van der Waals surface area contributed by atoms with Crippen molar-refractivity contribution < 1.29 is 8.63 Å². The lowest BCUT2D eigenvalue weighted by Gasteiger charge is -2.04. The molecule has 0 aliphatic carbocycles. The monoisotopic (exact) mass is 204 g/mol. The number of hydrogen-bond donors (Lipinski definition) is 0. The van der Waals surface area contributed by atoms with E-state index in [1.54, 1.807) is 0 Å². The van der Waals surface area contributed by atoms with Gasteiger partial charge in [0.25, 0.3) is 0 Å². The summed E-state index contributed by atoms with van der Waals surface area (Å²) in [6, 6.07) is 0. The van der Waals surface area contributed by atoms with Crippen LogP contribution in [-0.4, -0.2) is 14.0 Å². The predicted molar refractivity (Wildman–Crippen MR) is 64.9 cm³/mol. The summed E-state index contributed by atoms with van der Waals surface area (Å²) in [4.78, 5) is 0. The lowest BCUT2D eigenvalue weighted by Crippen LogP contribution is -2.04. The van der Waals surface area contributed by atoms with Crippen molar-refractivity contribution in [1.82, 2.24) is 0 Å². The smallest absolute Gasteiger partial charge is 0.287 e. The Morgan fingerprint density at radius 2 is 1.14 bits per heavy atom. The molecule has 84 valence electrons. The highest BCUT2D eigenvalue weighted by Gasteiger charge is 2.03. The molecule has 0 rings (SSSR count). The average Bonchev–Trinajstić information content (AvgIpc) is 2.10. The van der Waals surface area contributed by atoms with Crippen molar-refractivity contribution in [2.24, 2.45) is 0 Å². The average molecular weight is 204 g/mol. The molecule has 0 aromatic rings. The summed E-state index contributed by atoms with van der Waals surface area (Å²) in [5.41, 5.74) is 0. The van der Waals surface area contributed by atoms with Gasteiger partial charge in [0.15, 0.2) is 0 Å². The zero-order valence-corrected chi connectivity index (χ0v) is 10.2. The van der Waals surface area contributed by atoms with Crippen LogP contribution in [0.4, 0.5) is 8.63 Å². The molecular weight excluding hydrogens is 180 g/mol. The fourth-order valence-electron chi connectivity index (χ4n) is 1.25. The second-order valence-corrected chi connectivity index (χ2v) is 3.91. The van der Waals surface area contributed by atoms with E-state index in [9.17, 15) is 8.63 Å². The van der Waals surface area contributed by atoms with Gasteiger partial charge in [-0.1, -0.05) is 59.0 Å². The number of rotatable bonds is 6. The molecule has 14 heavy (non-hydrogen) atoms. The van der Waals surface area contributed by atoms with Gasteiger partial charge < -0.3 is 0 Å². The Morgan fingerprint density at radius 3 is 1.36 bits per heavy atom. The highest BCUT2D eigenvalue weighted by atomic mass is 19.2. The molecule has 0 nitrogen and oxygen atoms in total. The normalized spacial score (nSPS) is 9.00. The van der Waals surface area contributed by atoms with E-state index in [-0.39, 0.29) is 0 Å². The first-order valence-electron chi connectivity index (χ1n) is 5.82. The molecule has 0 spiro atoms. The molecule has 0 amide bonds. The molecule has 0 aliphatic heterocycles. The van der Waals surface area contributed by atoms with Crippen LogP contribution in [0.5, 0.6) is 0 Å². The minimum atomic E-state index is -2.17. The summed E-state index contributed by atoms with van der Waals surface area (Å²) < 4.78 is 20.7. The molecule has 0 aromatic carbocycles. The van der Waals surface area contributed by atoms with Crippen LogP contribution in [0.25, 0.3) is 0 Å². The largest absolute Gasteiger partial charge is 0.535 e. The molecule has 0 bridgehead atoms. The van der Waals surface area contributed by atoms with Crippen LogP contribution in [0.2, 0.25) is 26.3 Å². The number of unbranched alkanes of at least 4 members (excludes halogenated alkanes) is 2. The molecule has 0 saturated heterocycles. The van der Waals surface area contributed by atoms with Crippen LogP contribution in [0, 0.1) is 0 Å². The lowest BCUT2D eigenvalue weighted by molar-refractivity contribution is 0.673. The van der Waals surface area contributed by atoms with Crippen molar-refractivity contribution in [3.8, 4) is 0 Å². The van der Waals surface area contributed by atoms with Crippen molar-refractivity contribution in [3.63, 3.8) is 0 Å². The molecule has 0 aliphatic rings. The van der Waals surface area contributed by atoms with Crippen LogP contribution in [0.1, 0.15) is 39.5 Å². The molecule has 0 saturated carbocycles. The van der Waals surface area contributed by atoms with E-state index in [1.807, 2.05) is 0 Å². The SMILES string of the molecule is CB(F)F.CCCCB(C)CCCC. The summed E-state index contributed by atoms with van der Waals surface area (Å²) in [7, 11) is -2.17. The van der Waals surface area contributed by atoms with Gasteiger partial charge in [-0.3, -0.25) is 8.63 Å². The summed E-state index contributed by atoms with van der Waals surface area (Å²) in [5, 5.41) is 0. The van der Waals surface area contributed by atoms with E-state index in [1.165, 1.54) is 38.3 Å². The summed E-state index contributed by atoms with van der Waals surface area (Å²) in [5.74, 6) is 0. The maximum absolute atomic E-state index is 10.3. The van der Waals surface area contributed by atoms with Gasteiger partial charge in [-0.15, -0.1) is 0 Å². The molecule has 0 N–H and O–H groups in total. The molecule has 0 radical (unpaired) electrons. The Morgan fingerprint density at radius 1 is 0.857 bits per heavy atom. The maximum atomic E-state index is 10.3. The van der Waals surface area contributed by atoms with Crippen molar-refractivity contribution in [2.45, 2.75) is 65.8 Å². The Hall–Kier alpha value is -0.0101. The van der Waals surface area contributed by atoms with Gasteiger partial charge in [0.2, 0.25) is 0 Å². The minimum absolute atomic E-state index is 0.833. The summed E-state index contributed by atoms with van der Waals surface area (Å²) >= 11 is 0. The van der Waals surface area contributed by atoms with E-state index >= 15 is 0 Å². The van der Waals surface area contributed by atoms with E-state index in [2.05, 4.69) is 20.7 Å². The first-order valence-corrected chi connectivity index (χ1v) is 5.82. The number of halogens is 2. The van der Waals surface area contributed by atoms with Gasteiger partial charge in [0, 0.05) is 0 Å². The van der Waals surface area contributed by atoms with E-state index in [0.29, 0.717) is 0 Å².